The average Bonchev–Trinajstić information content (AvgIpc) is 2.30. The summed E-state index contributed by atoms with van der Waals surface area (Å²) in [6.45, 7) is 4.24. The minimum atomic E-state index is -0.0173. The summed E-state index contributed by atoms with van der Waals surface area (Å²) in [5, 5.41) is 0. The van der Waals surface area contributed by atoms with E-state index in [4.69, 9.17) is 15.2 Å². The van der Waals surface area contributed by atoms with E-state index < -0.39 is 0 Å². The van der Waals surface area contributed by atoms with Crippen molar-refractivity contribution in [3.8, 4) is 5.75 Å². The van der Waals surface area contributed by atoms with Gasteiger partial charge in [0.15, 0.2) is 0 Å². The molecule has 0 spiro atoms. The maximum atomic E-state index is 6.20. The lowest BCUT2D eigenvalue weighted by Crippen LogP contribution is -2.41. The zero-order chi connectivity index (χ0) is 12.8. The van der Waals surface area contributed by atoms with E-state index in [9.17, 15) is 0 Å². The van der Waals surface area contributed by atoms with Crippen LogP contribution in [0.4, 0.5) is 0 Å². The van der Waals surface area contributed by atoms with Gasteiger partial charge in [-0.15, -0.1) is 0 Å². The molecule has 0 aromatic heterocycles. The molecule has 0 radical (unpaired) electrons. The third-order valence-electron chi connectivity index (χ3n) is 3.00. The van der Waals surface area contributed by atoms with E-state index in [1.807, 2.05) is 24.3 Å². The van der Waals surface area contributed by atoms with Gasteiger partial charge < -0.3 is 15.2 Å². The third-order valence-corrected chi connectivity index (χ3v) is 3.00. The normalized spacial score (nSPS) is 14.7. The third kappa shape index (κ3) is 3.72. The molecule has 0 saturated carbocycles. The SMILES string of the molecule is COc1ccccc1CC(N)C(OC)C(C)C. The van der Waals surface area contributed by atoms with Crippen molar-refractivity contribution in [1.29, 1.82) is 0 Å². The second kappa shape index (κ2) is 6.62. The Morgan fingerprint density at radius 3 is 2.35 bits per heavy atom. The number of para-hydroxylation sites is 1. The number of hydrogen-bond acceptors (Lipinski definition) is 3. The monoisotopic (exact) mass is 237 g/mol. The van der Waals surface area contributed by atoms with Crippen molar-refractivity contribution in [3.05, 3.63) is 29.8 Å². The summed E-state index contributed by atoms with van der Waals surface area (Å²) in [5.74, 6) is 1.30. The Bertz CT molecular complexity index is 339. The molecule has 1 rings (SSSR count). The summed E-state index contributed by atoms with van der Waals surface area (Å²) >= 11 is 0. The van der Waals surface area contributed by atoms with Gasteiger partial charge in [-0.25, -0.2) is 0 Å². The van der Waals surface area contributed by atoms with Gasteiger partial charge in [0.25, 0.3) is 0 Å². The standard InChI is InChI=1S/C14H23NO2/c1-10(2)14(17-4)12(15)9-11-7-5-6-8-13(11)16-3/h5-8,10,12,14H,9,15H2,1-4H3. The number of nitrogens with two attached hydrogens (primary N) is 1. The van der Waals surface area contributed by atoms with Crippen molar-refractivity contribution in [1.82, 2.24) is 0 Å². The van der Waals surface area contributed by atoms with Gasteiger partial charge >= 0.3 is 0 Å². The molecule has 2 atom stereocenters. The van der Waals surface area contributed by atoms with Crippen LogP contribution in [0.1, 0.15) is 19.4 Å². The van der Waals surface area contributed by atoms with Crippen LogP contribution in [-0.4, -0.2) is 26.4 Å². The highest BCUT2D eigenvalue weighted by atomic mass is 16.5. The van der Waals surface area contributed by atoms with Crippen LogP contribution in [0.25, 0.3) is 0 Å². The van der Waals surface area contributed by atoms with Crippen LogP contribution in [0.3, 0.4) is 0 Å². The van der Waals surface area contributed by atoms with E-state index in [-0.39, 0.29) is 12.1 Å². The quantitative estimate of drug-likeness (QED) is 0.825. The summed E-state index contributed by atoms with van der Waals surface area (Å²) in [5.41, 5.74) is 7.33. The molecule has 0 amide bonds. The summed E-state index contributed by atoms with van der Waals surface area (Å²) in [7, 11) is 3.40. The number of benzene rings is 1. The van der Waals surface area contributed by atoms with E-state index in [0.29, 0.717) is 5.92 Å². The Kier molecular flexibility index (Phi) is 5.45. The fourth-order valence-corrected chi connectivity index (χ4v) is 2.18. The topological polar surface area (TPSA) is 44.5 Å². The van der Waals surface area contributed by atoms with E-state index in [1.165, 1.54) is 0 Å². The predicted molar refractivity (Wildman–Crippen MR) is 70.3 cm³/mol. The van der Waals surface area contributed by atoms with Crippen LogP contribution in [0.2, 0.25) is 0 Å². The smallest absolute Gasteiger partial charge is 0.122 e. The number of hydrogen-bond donors (Lipinski definition) is 1. The van der Waals surface area contributed by atoms with Crippen molar-refractivity contribution in [2.75, 3.05) is 14.2 Å². The predicted octanol–water partition coefficient (Wildman–Crippen LogP) is 2.24. The van der Waals surface area contributed by atoms with Gasteiger partial charge in [0, 0.05) is 13.2 Å². The van der Waals surface area contributed by atoms with Crippen molar-refractivity contribution in [2.45, 2.75) is 32.4 Å². The molecule has 17 heavy (non-hydrogen) atoms. The zero-order valence-electron chi connectivity index (χ0n) is 11.1. The lowest BCUT2D eigenvalue weighted by Gasteiger charge is -2.26. The Hall–Kier alpha value is -1.06. The highest BCUT2D eigenvalue weighted by Gasteiger charge is 2.22. The van der Waals surface area contributed by atoms with Crippen LogP contribution >= 0.6 is 0 Å². The summed E-state index contributed by atoms with van der Waals surface area (Å²) < 4.78 is 10.8. The van der Waals surface area contributed by atoms with Gasteiger partial charge in [-0.2, -0.15) is 0 Å². The van der Waals surface area contributed by atoms with Gasteiger partial charge in [0.2, 0.25) is 0 Å². The maximum Gasteiger partial charge on any atom is 0.122 e. The molecule has 0 aliphatic rings. The number of ether oxygens (including phenoxy) is 2. The lowest BCUT2D eigenvalue weighted by atomic mass is 9.94. The zero-order valence-corrected chi connectivity index (χ0v) is 11.1. The summed E-state index contributed by atoms with van der Waals surface area (Å²) in [4.78, 5) is 0. The molecule has 0 heterocycles. The second-order valence-corrected chi connectivity index (χ2v) is 4.62. The van der Waals surface area contributed by atoms with Gasteiger partial charge in [0.05, 0.1) is 13.2 Å². The molecule has 3 heteroatoms. The van der Waals surface area contributed by atoms with Crippen LogP contribution in [0.5, 0.6) is 5.75 Å². The van der Waals surface area contributed by atoms with Gasteiger partial charge in [-0.05, 0) is 24.0 Å². The second-order valence-electron chi connectivity index (χ2n) is 4.62. The minimum Gasteiger partial charge on any atom is -0.496 e. The molecule has 96 valence electrons. The van der Waals surface area contributed by atoms with Gasteiger partial charge in [-0.3, -0.25) is 0 Å². The molecule has 2 N–H and O–H groups in total. The van der Waals surface area contributed by atoms with Crippen molar-refractivity contribution in [2.24, 2.45) is 11.7 Å². The Balaban J connectivity index is 2.76. The van der Waals surface area contributed by atoms with Crippen molar-refractivity contribution in [3.63, 3.8) is 0 Å². The fraction of sp³-hybridized carbons (Fsp3) is 0.571. The molecule has 0 bridgehead atoms. The van der Waals surface area contributed by atoms with Crippen molar-refractivity contribution >= 4 is 0 Å². The lowest BCUT2D eigenvalue weighted by molar-refractivity contribution is 0.0440. The van der Waals surface area contributed by atoms with E-state index in [0.717, 1.165) is 17.7 Å². The van der Waals surface area contributed by atoms with E-state index in [2.05, 4.69) is 13.8 Å². The Labute approximate surface area is 104 Å². The molecule has 0 saturated heterocycles. The molecular formula is C14H23NO2. The highest BCUT2D eigenvalue weighted by molar-refractivity contribution is 5.33. The van der Waals surface area contributed by atoms with Gasteiger partial charge in [0.1, 0.15) is 5.75 Å². The molecule has 0 aliphatic heterocycles. The van der Waals surface area contributed by atoms with E-state index in [1.54, 1.807) is 14.2 Å². The first kappa shape index (κ1) is 14.0. The van der Waals surface area contributed by atoms with Crippen molar-refractivity contribution < 1.29 is 9.47 Å². The maximum absolute atomic E-state index is 6.20. The highest BCUT2D eigenvalue weighted by Crippen LogP contribution is 2.21. The first-order chi connectivity index (χ1) is 8.10. The molecule has 0 fully saturated rings. The Morgan fingerprint density at radius 2 is 1.82 bits per heavy atom. The van der Waals surface area contributed by atoms with Crippen LogP contribution in [0.15, 0.2) is 24.3 Å². The molecule has 3 nitrogen and oxygen atoms in total. The molecule has 0 aliphatic carbocycles. The number of rotatable bonds is 6. The minimum absolute atomic E-state index is 0.0173. The molecule has 2 unspecified atom stereocenters. The van der Waals surface area contributed by atoms with Crippen LogP contribution < -0.4 is 10.5 Å². The Morgan fingerprint density at radius 1 is 1.18 bits per heavy atom. The largest absolute Gasteiger partial charge is 0.496 e. The van der Waals surface area contributed by atoms with E-state index >= 15 is 0 Å². The summed E-state index contributed by atoms with van der Waals surface area (Å²) in [6, 6.07) is 7.95. The fourth-order valence-electron chi connectivity index (χ4n) is 2.18. The molecule has 1 aromatic rings. The first-order valence-corrected chi connectivity index (χ1v) is 6.00. The average molecular weight is 237 g/mol. The first-order valence-electron chi connectivity index (χ1n) is 6.00. The van der Waals surface area contributed by atoms with Crippen LogP contribution in [-0.2, 0) is 11.2 Å². The molecule has 1 aromatic carbocycles. The summed E-state index contributed by atoms with van der Waals surface area (Å²) in [6.07, 6.45) is 0.834. The molecular weight excluding hydrogens is 214 g/mol. The number of methoxy groups -OCH3 is 2. The van der Waals surface area contributed by atoms with Crippen LogP contribution in [0, 0.1) is 5.92 Å². The van der Waals surface area contributed by atoms with Gasteiger partial charge in [-0.1, -0.05) is 32.0 Å².